The molecular weight excluding hydrogens is 238 g/mol. The summed E-state index contributed by atoms with van der Waals surface area (Å²) < 4.78 is 0. The minimum Gasteiger partial charge on any atom is -0.351 e. The van der Waals surface area contributed by atoms with Gasteiger partial charge in [0.2, 0.25) is 0 Å². The lowest BCUT2D eigenvalue weighted by molar-refractivity contribution is 0.0948. The molecule has 4 nitrogen and oxygen atoms in total. The molecule has 0 aromatic carbocycles. The summed E-state index contributed by atoms with van der Waals surface area (Å²) in [6.07, 6.45) is 6.90. The van der Waals surface area contributed by atoms with Crippen LogP contribution in [-0.4, -0.2) is 42.0 Å². The molecule has 2 heterocycles. The Morgan fingerprint density at radius 3 is 2.63 bits per heavy atom. The van der Waals surface area contributed by atoms with Crippen molar-refractivity contribution in [1.29, 1.82) is 0 Å². The van der Waals surface area contributed by atoms with Crippen LogP contribution >= 0.6 is 0 Å². The van der Waals surface area contributed by atoms with Gasteiger partial charge in [-0.2, -0.15) is 0 Å². The van der Waals surface area contributed by atoms with Crippen LogP contribution in [0.1, 0.15) is 41.7 Å². The number of likely N-dealkylation sites (tertiary alicyclic amines) is 1. The predicted molar refractivity (Wildman–Crippen MR) is 76.2 cm³/mol. The molecule has 0 radical (unpaired) electrons. The van der Waals surface area contributed by atoms with Gasteiger partial charge in [-0.3, -0.25) is 9.78 Å². The van der Waals surface area contributed by atoms with E-state index >= 15 is 0 Å². The first-order valence-corrected chi connectivity index (χ1v) is 7.19. The molecule has 1 N–H and O–H groups in total. The first kappa shape index (κ1) is 14.0. The van der Waals surface area contributed by atoms with E-state index in [0.29, 0.717) is 12.1 Å². The summed E-state index contributed by atoms with van der Waals surface area (Å²) in [7, 11) is 0. The second-order valence-corrected chi connectivity index (χ2v) is 5.20. The molecule has 1 saturated heterocycles. The van der Waals surface area contributed by atoms with E-state index in [2.05, 4.69) is 15.2 Å². The molecule has 1 aliphatic heterocycles. The Kier molecular flexibility index (Phi) is 5.33. The van der Waals surface area contributed by atoms with Gasteiger partial charge in [0, 0.05) is 25.0 Å². The van der Waals surface area contributed by atoms with Gasteiger partial charge in [0.1, 0.15) is 0 Å². The first-order chi connectivity index (χ1) is 9.25. The molecule has 104 valence electrons. The van der Waals surface area contributed by atoms with Crippen molar-refractivity contribution >= 4 is 5.91 Å². The number of nitrogens with one attached hydrogen (secondary N) is 1. The lowest BCUT2D eigenvalue weighted by Gasteiger charge is -2.19. The van der Waals surface area contributed by atoms with Gasteiger partial charge in [0.15, 0.2) is 0 Å². The Balaban J connectivity index is 1.72. The number of carbonyl (C=O) groups excluding carboxylic acids is 1. The van der Waals surface area contributed by atoms with Crippen LogP contribution in [0.25, 0.3) is 0 Å². The summed E-state index contributed by atoms with van der Waals surface area (Å²) in [4.78, 5) is 18.5. The van der Waals surface area contributed by atoms with Gasteiger partial charge in [-0.1, -0.05) is 12.8 Å². The zero-order chi connectivity index (χ0) is 13.5. The zero-order valence-electron chi connectivity index (χ0n) is 11.7. The number of nitrogens with zero attached hydrogens (tertiary/aromatic N) is 2. The van der Waals surface area contributed by atoms with E-state index in [9.17, 15) is 4.79 Å². The Hall–Kier alpha value is -1.42. The molecule has 0 atom stereocenters. The van der Waals surface area contributed by atoms with E-state index in [4.69, 9.17) is 0 Å². The third-order valence-electron chi connectivity index (χ3n) is 3.59. The van der Waals surface area contributed by atoms with E-state index in [-0.39, 0.29) is 5.91 Å². The standard InChI is InChI=1S/C15H23N3O/c1-13-6-7-14(12-17-13)15(19)16-8-11-18-9-4-2-3-5-10-18/h6-7,12H,2-5,8-11H2,1H3,(H,16,19). The molecule has 0 saturated carbocycles. The number of carbonyl (C=O) groups is 1. The second kappa shape index (κ2) is 7.24. The minimum absolute atomic E-state index is 0.0256. The van der Waals surface area contributed by atoms with Crippen LogP contribution in [0.2, 0.25) is 0 Å². The van der Waals surface area contributed by atoms with Crippen molar-refractivity contribution in [2.24, 2.45) is 0 Å². The lowest BCUT2D eigenvalue weighted by atomic mass is 10.2. The van der Waals surface area contributed by atoms with Crippen LogP contribution in [-0.2, 0) is 0 Å². The van der Waals surface area contributed by atoms with E-state index < -0.39 is 0 Å². The summed E-state index contributed by atoms with van der Waals surface area (Å²) in [6, 6.07) is 3.69. The third-order valence-corrected chi connectivity index (χ3v) is 3.59. The first-order valence-electron chi connectivity index (χ1n) is 7.19. The average Bonchev–Trinajstić information content (AvgIpc) is 2.68. The number of pyridine rings is 1. The molecule has 19 heavy (non-hydrogen) atoms. The summed E-state index contributed by atoms with van der Waals surface area (Å²) >= 11 is 0. The SMILES string of the molecule is Cc1ccc(C(=O)NCCN2CCCCCC2)cn1. The van der Waals surface area contributed by atoms with Crippen LogP contribution in [0.3, 0.4) is 0 Å². The normalized spacial score (nSPS) is 16.9. The van der Waals surface area contributed by atoms with Crippen molar-refractivity contribution in [2.45, 2.75) is 32.6 Å². The van der Waals surface area contributed by atoms with Gasteiger partial charge in [-0.25, -0.2) is 0 Å². The highest BCUT2D eigenvalue weighted by atomic mass is 16.1. The molecule has 0 spiro atoms. The maximum Gasteiger partial charge on any atom is 0.252 e. The molecule has 0 bridgehead atoms. The van der Waals surface area contributed by atoms with Crippen LogP contribution < -0.4 is 5.32 Å². The Labute approximate surface area is 115 Å². The van der Waals surface area contributed by atoms with Crippen molar-refractivity contribution in [2.75, 3.05) is 26.2 Å². The summed E-state index contributed by atoms with van der Waals surface area (Å²) in [5.41, 5.74) is 1.57. The van der Waals surface area contributed by atoms with Gasteiger partial charge in [-0.05, 0) is 45.0 Å². The van der Waals surface area contributed by atoms with E-state index in [1.165, 1.54) is 38.8 Å². The van der Waals surface area contributed by atoms with E-state index in [1.807, 2.05) is 19.1 Å². The smallest absolute Gasteiger partial charge is 0.252 e. The minimum atomic E-state index is -0.0256. The van der Waals surface area contributed by atoms with Crippen LogP contribution in [0.5, 0.6) is 0 Å². The maximum atomic E-state index is 11.9. The van der Waals surface area contributed by atoms with E-state index in [1.54, 1.807) is 6.20 Å². The summed E-state index contributed by atoms with van der Waals surface area (Å²) in [5, 5.41) is 2.97. The predicted octanol–water partition coefficient (Wildman–Crippen LogP) is 2.00. The lowest BCUT2D eigenvalue weighted by Crippen LogP contribution is -2.35. The van der Waals surface area contributed by atoms with Crippen molar-refractivity contribution in [3.05, 3.63) is 29.6 Å². The van der Waals surface area contributed by atoms with Gasteiger partial charge >= 0.3 is 0 Å². The molecule has 2 rings (SSSR count). The van der Waals surface area contributed by atoms with Crippen molar-refractivity contribution < 1.29 is 4.79 Å². The quantitative estimate of drug-likeness (QED) is 0.901. The zero-order valence-corrected chi connectivity index (χ0v) is 11.7. The van der Waals surface area contributed by atoms with E-state index in [0.717, 1.165) is 12.2 Å². The highest BCUT2D eigenvalue weighted by Crippen LogP contribution is 2.08. The molecular formula is C15H23N3O. The monoisotopic (exact) mass is 261 g/mol. The number of hydrogen-bond acceptors (Lipinski definition) is 3. The van der Waals surface area contributed by atoms with Crippen LogP contribution in [0.15, 0.2) is 18.3 Å². The molecule has 1 aromatic rings. The van der Waals surface area contributed by atoms with Crippen molar-refractivity contribution in [1.82, 2.24) is 15.2 Å². The number of rotatable bonds is 4. The Morgan fingerprint density at radius 1 is 1.26 bits per heavy atom. The molecule has 1 aliphatic rings. The number of amides is 1. The van der Waals surface area contributed by atoms with Crippen molar-refractivity contribution in [3.8, 4) is 0 Å². The number of aromatic nitrogens is 1. The maximum absolute atomic E-state index is 11.9. The Bertz CT molecular complexity index is 394. The molecule has 0 unspecified atom stereocenters. The fourth-order valence-electron chi connectivity index (χ4n) is 2.39. The Morgan fingerprint density at radius 2 is 2.00 bits per heavy atom. The number of aryl methyl sites for hydroxylation is 1. The molecule has 0 aliphatic carbocycles. The van der Waals surface area contributed by atoms with Gasteiger partial charge in [0.25, 0.3) is 5.91 Å². The third kappa shape index (κ3) is 4.63. The fraction of sp³-hybridized carbons (Fsp3) is 0.600. The van der Waals surface area contributed by atoms with Crippen LogP contribution in [0.4, 0.5) is 0 Å². The van der Waals surface area contributed by atoms with Crippen LogP contribution in [0, 0.1) is 6.92 Å². The molecule has 4 heteroatoms. The molecule has 1 amide bonds. The highest BCUT2D eigenvalue weighted by molar-refractivity contribution is 5.93. The summed E-state index contributed by atoms with van der Waals surface area (Å²) in [5.74, 6) is -0.0256. The molecule has 1 aromatic heterocycles. The molecule has 1 fully saturated rings. The number of hydrogen-bond donors (Lipinski definition) is 1. The second-order valence-electron chi connectivity index (χ2n) is 5.20. The largest absolute Gasteiger partial charge is 0.351 e. The fourth-order valence-corrected chi connectivity index (χ4v) is 2.39. The average molecular weight is 261 g/mol. The summed E-state index contributed by atoms with van der Waals surface area (Å²) in [6.45, 7) is 5.92. The van der Waals surface area contributed by atoms with Gasteiger partial charge in [0.05, 0.1) is 5.56 Å². The topological polar surface area (TPSA) is 45.2 Å². The van der Waals surface area contributed by atoms with Gasteiger partial charge in [-0.15, -0.1) is 0 Å². The van der Waals surface area contributed by atoms with Crippen molar-refractivity contribution in [3.63, 3.8) is 0 Å². The highest BCUT2D eigenvalue weighted by Gasteiger charge is 2.09. The van der Waals surface area contributed by atoms with Gasteiger partial charge < -0.3 is 10.2 Å².